The minimum atomic E-state index is -4.47. The molecule has 0 bridgehead atoms. The quantitative estimate of drug-likeness (QED) is 0.913. The van der Waals surface area contributed by atoms with Gasteiger partial charge in [0.25, 0.3) is 0 Å². The Hall–Kier alpha value is -1.89. The number of thiazole rings is 1. The van der Waals surface area contributed by atoms with Crippen LogP contribution in [0.4, 0.5) is 13.2 Å². The molecule has 0 aliphatic heterocycles. The molecule has 7 heteroatoms. The molecule has 0 unspecified atom stereocenters. The van der Waals surface area contributed by atoms with Crippen LogP contribution in [0.2, 0.25) is 0 Å². The van der Waals surface area contributed by atoms with Gasteiger partial charge in [0.1, 0.15) is 4.88 Å². The first-order chi connectivity index (χ1) is 8.79. The number of aryl methyl sites for hydroxylation is 1. The van der Waals surface area contributed by atoms with E-state index in [2.05, 4.69) is 4.98 Å². The molecule has 1 heterocycles. The Labute approximate surface area is 110 Å². The zero-order valence-electron chi connectivity index (χ0n) is 9.65. The highest BCUT2D eigenvalue weighted by Gasteiger charge is 2.31. The van der Waals surface area contributed by atoms with Gasteiger partial charge in [-0.2, -0.15) is 13.2 Å². The van der Waals surface area contributed by atoms with E-state index in [1.165, 1.54) is 12.1 Å². The number of halogens is 3. The summed E-state index contributed by atoms with van der Waals surface area (Å²) < 4.78 is 37.8. The van der Waals surface area contributed by atoms with Crippen LogP contribution in [0.1, 0.15) is 20.2 Å². The largest absolute Gasteiger partial charge is 0.477 e. The molecular formula is C12H8F3NO2S. The van der Waals surface area contributed by atoms with E-state index in [9.17, 15) is 18.0 Å². The van der Waals surface area contributed by atoms with Gasteiger partial charge in [-0.1, -0.05) is 12.1 Å². The van der Waals surface area contributed by atoms with E-state index in [1.807, 2.05) is 0 Å². The van der Waals surface area contributed by atoms with Gasteiger partial charge in [0.15, 0.2) is 0 Å². The fourth-order valence-corrected chi connectivity index (χ4v) is 2.39. The van der Waals surface area contributed by atoms with Crippen molar-refractivity contribution in [3.05, 3.63) is 39.7 Å². The maximum atomic E-state index is 12.6. The van der Waals surface area contributed by atoms with Crippen molar-refractivity contribution in [2.45, 2.75) is 13.1 Å². The summed E-state index contributed by atoms with van der Waals surface area (Å²) in [6.45, 7) is 1.61. The van der Waals surface area contributed by atoms with E-state index in [0.29, 0.717) is 5.01 Å². The molecule has 2 rings (SSSR count). The van der Waals surface area contributed by atoms with Gasteiger partial charge >= 0.3 is 12.1 Å². The predicted molar refractivity (Wildman–Crippen MR) is 64.2 cm³/mol. The average Bonchev–Trinajstić information content (AvgIpc) is 2.71. The molecule has 100 valence electrons. The van der Waals surface area contributed by atoms with Crippen LogP contribution in [0.3, 0.4) is 0 Å². The van der Waals surface area contributed by atoms with Crippen LogP contribution in [0.15, 0.2) is 24.3 Å². The Balaban J connectivity index is 2.57. The second-order valence-corrected chi connectivity index (χ2v) is 5.00. The van der Waals surface area contributed by atoms with Crippen LogP contribution >= 0.6 is 11.3 Å². The maximum absolute atomic E-state index is 12.6. The monoisotopic (exact) mass is 287 g/mol. The second kappa shape index (κ2) is 4.65. The summed E-state index contributed by atoms with van der Waals surface area (Å²) in [6, 6.07) is 4.48. The number of aromatic carboxylic acids is 1. The van der Waals surface area contributed by atoms with E-state index in [-0.39, 0.29) is 16.1 Å². The number of hydrogen-bond donors (Lipinski definition) is 1. The van der Waals surface area contributed by atoms with Crippen molar-refractivity contribution >= 4 is 17.3 Å². The van der Waals surface area contributed by atoms with Gasteiger partial charge < -0.3 is 5.11 Å². The Morgan fingerprint density at radius 3 is 2.63 bits per heavy atom. The summed E-state index contributed by atoms with van der Waals surface area (Å²) in [4.78, 5) is 15.0. The highest BCUT2D eigenvalue weighted by Crippen LogP contribution is 2.34. The lowest BCUT2D eigenvalue weighted by Gasteiger charge is -2.07. The van der Waals surface area contributed by atoms with Crippen molar-refractivity contribution in [2.75, 3.05) is 0 Å². The molecular weight excluding hydrogens is 279 g/mol. The minimum Gasteiger partial charge on any atom is -0.477 e. The van der Waals surface area contributed by atoms with Crippen molar-refractivity contribution in [1.82, 2.24) is 4.98 Å². The topological polar surface area (TPSA) is 50.2 Å². The van der Waals surface area contributed by atoms with Crippen molar-refractivity contribution in [2.24, 2.45) is 0 Å². The van der Waals surface area contributed by atoms with Crippen LogP contribution in [-0.4, -0.2) is 16.1 Å². The lowest BCUT2D eigenvalue weighted by molar-refractivity contribution is -0.137. The first-order valence-corrected chi connectivity index (χ1v) is 5.99. The molecule has 0 radical (unpaired) electrons. The lowest BCUT2D eigenvalue weighted by atomic mass is 10.1. The van der Waals surface area contributed by atoms with E-state index in [4.69, 9.17) is 5.11 Å². The van der Waals surface area contributed by atoms with Gasteiger partial charge in [0.2, 0.25) is 0 Å². The molecule has 1 aromatic carbocycles. The number of carboxylic acids is 1. The highest BCUT2D eigenvalue weighted by atomic mass is 32.1. The third-order valence-electron chi connectivity index (χ3n) is 2.39. The molecule has 2 aromatic rings. The molecule has 0 saturated carbocycles. The standard InChI is InChI=1S/C12H8F3NO2S/c1-6-16-9(10(19-6)11(17)18)7-3-2-4-8(5-7)12(13,14)15/h2-5H,1H3,(H,17,18). The molecule has 0 spiro atoms. The zero-order chi connectivity index (χ0) is 14.2. The second-order valence-electron chi connectivity index (χ2n) is 3.79. The zero-order valence-corrected chi connectivity index (χ0v) is 10.5. The molecule has 3 nitrogen and oxygen atoms in total. The lowest BCUT2D eigenvalue weighted by Crippen LogP contribution is -2.05. The van der Waals surface area contributed by atoms with Crippen LogP contribution in [0, 0.1) is 6.92 Å². The average molecular weight is 287 g/mol. The van der Waals surface area contributed by atoms with Gasteiger partial charge in [0, 0.05) is 5.56 Å². The molecule has 0 saturated heterocycles. The number of carboxylic acid groups (broad SMARTS) is 1. The fraction of sp³-hybridized carbons (Fsp3) is 0.167. The molecule has 19 heavy (non-hydrogen) atoms. The number of benzene rings is 1. The molecule has 0 aliphatic carbocycles. The van der Waals surface area contributed by atoms with E-state index in [0.717, 1.165) is 23.5 Å². The summed E-state index contributed by atoms with van der Waals surface area (Å²) in [7, 11) is 0. The third kappa shape index (κ3) is 2.76. The number of carbonyl (C=O) groups is 1. The first-order valence-electron chi connectivity index (χ1n) is 5.17. The van der Waals surface area contributed by atoms with Gasteiger partial charge in [0.05, 0.1) is 16.3 Å². The normalized spacial score (nSPS) is 11.6. The first kappa shape index (κ1) is 13.5. The van der Waals surface area contributed by atoms with Gasteiger partial charge in [-0.3, -0.25) is 0 Å². The van der Waals surface area contributed by atoms with Gasteiger partial charge in [-0.25, -0.2) is 9.78 Å². The van der Waals surface area contributed by atoms with Gasteiger partial charge in [-0.15, -0.1) is 11.3 Å². The van der Waals surface area contributed by atoms with Crippen molar-refractivity contribution in [1.29, 1.82) is 0 Å². The van der Waals surface area contributed by atoms with Crippen LogP contribution in [0.5, 0.6) is 0 Å². The number of hydrogen-bond acceptors (Lipinski definition) is 3. The summed E-state index contributed by atoms with van der Waals surface area (Å²) in [5, 5.41) is 9.51. The number of aromatic nitrogens is 1. The minimum absolute atomic E-state index is 0.0585. The van der Waals surface area contributed by atoms with Crippen molar-refractivity contribution < 1.29 is 23.1 Å². The molecule has 0 atom stereocenters. The highest BCUT2D eigenvalue weighted by molar-refractivity contribution is 7.14. The predicted octanol–water partition coefficient (Wildman–Crippen LogP) is 3.84. The van der Waals surface area contributed by atoms with Gasteiger partial charge in [-0.05, 0) is 19.1 Å². The van der Waals surface area contributed by atoms with Crippen LogP contribution < -0.4 is 0 Å². The third-order valence-corrected chi connectivity index (χ3v) is 3.35. The smallest absolute Gasteiger partial charge is 0.416 e. The summed E-state index contributed by atoms with van der Waals surface area (Å²) in [5.74, 6) is -1.20. The van der Waals surface area contributed by atoms with E-state index >= 15 is 0 Å². The maximum Gasteiger partial charge on any atom is 0.416 e. The summed E-state index contributed by atoms with van der Waals surface area (Å²) in [5.41, 5.74) is -0.607. The van der Waals surface area contributed by atoms with Crippen LogP contribution in [0.25, 0.3) is 11.3 Å². The van der Waals surface area contributed by atoms with Crippen molar-refractivity contribution in [3.63, 3.8) is 0 Å². The van der Waals surface area contributed by atoms with Crippen LogP contribution in [-0.2, 0) is 6.18 Å². The molecule has 0 fully saturated rings. The van der Waals surface area contributed by atoms with E-state index in [1.54, 1.807) is 6.92 Å². The Morgan fingerprint density at radius 1 is 1.37 bits per heavy atom. The molecule has 1 aromatic heterocycles. The number of alkyl halides is 3. The Kier molecular flexibility index (Phi) is 3.32. The van der Waals surface area contributed by atoms with Crippen molar-refractivity contribution in [3.8, 4) is 11.3 Å². The fourth-order valence-electron chi connectivity index (χ4n) is 1.61. The molecule has 1 N–H and O–H groups in total. The number of nitrogens with zero attached hydrogens (tertiary/aromatic N) is 1. The SMILES string of the molecule is Cc1nc(-c2cccc(C(F)(F)F)c2)c(C(=O)O)s1. The number of rotatable bonds is 2. The summed E-state index contributed by atoms with van der Waals surface area (Å²) >= 11 is 0.939. The molecule has 0 aliphatic rings. The van der Waals surface area contributed by atoms with E-state index < -0.39 is 17.7 Å². The Morgan fingerprint density at radius 2 is 2.05 bits per heavy atom. The summed E-state index contributed by atoms with van der Waals surface area (Å²) in [6.07, 6.45) is -4.47. The Bertz CT molecular complexity index is 634. The molecule has 0 amide bonds.